The predicted octanol–water partition coefficient (Wildman–Crippen LogP) is 1.86. The van der Waals surface area contributed by atoms with E-state index in [-0.39, 0.29) is 0 Å². The average molecular weight is 302 g/mol. The second-order valence-corrected chi connectivity index (χ2v) is 6.30. The predicted molar refractivity (Wildman–Crippen MR) is 90.9 cm³/mol. The molecule has 0 radical (unpaired) electrons. The van der Waals surface area contributed by atoms with Crippen LogP contribution in [0.2, 0.25) is 0 Å². The van der Waals surface area contributed by atoms with Gasteiger partial charge in [-0.15, -0.1) is 0 Å². The Hall–Kier alpha value is -1.59. The highest BCUT2D eigenvalue weighted by atomic mass is 16.5. The van der Waals surface area contributed by atoms with Crippen molar-refractivity contribution in [1.82, 2.24) is 5.32 Å². The van der Waals surface area contributed by atoms with Crippen LogP contribution in [-0.2, 0) is 4.74 Å². The maximum atomic E-state index is 7.50. The van der Waals surface area contributed by atoms with Crippen LogP contribution in [0.1, 0.15) is 24.8 Å². The molecule has 2 aliphatic heterocycles. The number of piperazine rings is 1. The van der Waals surface area contributed by atoms with E-state index in [0.717, 1.165) is 44.3 Å². The molecule has 5 nitrogen and oxygen atoms in total. The Labute approximate surface area is 132 Å². The minimum absolute atomic E-state index is 0.513. The van der Waals surface area contributed by atoms with E-state index in [2.05, 4.69) is 16.3 Å². The topological polar surface area (TPSA) is 74.4 Å². The van der Waals surface area contributed by atoms with Gasteiger partial charge in [0.2, 0.25) is 0 Å². The number of nitrogens with zero attached hydrogens (tertiary/aromatic N) is 1. The second kappa shape index (κ2) is 7.11. The Balaban J connectivity index is 1.75. The van der Waals surface area contributed by atoms with Crippen molar-refractivity contribution in [3.8, 4) is 0 Å². The van der Waals surface area contributed by atoms with Crippen molar-refractivity contribution >= 4 is 17.6 Å². The van der Waals surface area contributed by atoms with E-state index >= 15 is 0 Å². The number of benzene rings is 1. The molecule has 1 atom stereocenters. The Kier molecular flexibility index (Phi) is 4.95. The van der Waals surface area contributed by atoms with Crippen LogP contribution in [0, 0.1) is 11.3 Å². The fourth-order valence-electron chi connectivity index (χ4n) is 3.54. The van der Waals surface area contributed by atoms with Gasteiger partial charge >= 0.3 is 0 Å². The van der Waals surface area contributed by atoms with Crippen molar-refractivity contribution in [2.75, 3.05) is 43.5 Å². The van der Waals surface area contributed by atoms with Crippen LogP contribution in [-0.4, -0.2) is 45.1 Å². The number of nitrogens with one attached hydrogen (secondary N) is 2. The fraction of sp³-hybridized carbons (Fsp3) is 0.588. The van der Waals surface area contributed by atoms with E-state index in [4.69, 9.17) is 15.9 Å². The lowest BCUT2D eigenvalue weighted by atomic mass is 9.91. The van der Waals surface area contributed by atoms with Crippen LogP contribution in [0.25, 0.3) is 0 Å². The van der Waals surface area contributed by atoms with Gasteiger partial charge in [-0.25, -0.2) is 0 Å². The number of rotatable bonds is 4. The van der Waals surface area contributed by atoms with Crippen molar-refractivity contribution in [2.24, 2.45) is 5.92 Å². The highest BCUT2D eigenvalue weighted by Gasteiger charge is 2.26. The highest BCUT2D eigenvalue weighted by molar-refractivity contribution is 5.86. The van der Waals surface area contributed by atoms with Gasteiger partial charge in [-0.3, -0.25) is 0 Å². The minimum atomic E-state index is 0.513. The zero-order valence-corrected chi connectivity index (χ0v) is 13.1. The van der Waals surface area contributed by atoms with Gasteiger partial charge in [0.15, 0.2) is 0 Å². The third-order valence-electron chi connectivity index (χ3n) is 4.85. The maximum Gasteiger partial charge on any atom is 0.0468 e. The zero-order valence-electron chi connectivity index (χ0n) is 13.1. The van der Waals surface area contributed by atoms with Crippen LogP contribution in [0.15, 0.2) is 18.2 Å². The van der Waals surface area contributed by atoms with Crippen molar-refractivity contribution in [2.45, 2.75) is 25.3 Å². The molecule has 4 N–H and O–H groups in total. The van der Waals surface area contributed by atoms with Crippen LogP contribution in [0.5, 0.6) is 0 Å². The van der Waals surface area contributed by atoms with E-state index in [1.54, 1.807) is 0 Å². The molecule has 3 rings (SSSR count). The number of nitrogen functional groups attached to an aromatic ring is 1. The molecule has 2 fully saturated rings. The lowest BCUT2D eigenvalue weighted by Gasteiger charge is -2.40. The molecular formula is C17H26N4O. The molecule has 1 aromatic rings. The molecule has 22 heavy (non-hydrogen) atoms. The fourth-order valence-corrected chi connectivity index (χ4v) is 3.54. The third kappa shape index (κ3) is 3.42. The molecule has 2 saturated heterocycles. The number of ether oxygens (including phenoxy) is 1. The maximum absolute atomic E-state index is 7.50. The van der Waals surface area contributed by atoms with Crippen molar-refractivity contribution < 1.29 is 4.74 Å². The molecule has 5 heteroatoms. The Bertz CT molecular complexity index is 513. The minimum Gasteiger partial charge on any atom is -0.398 e. The first-order valence-electron chi connectivity index (χ1n) is 8.23. The third-order valence-corrected chi connectivity index (χ3v) is 4.85. The lowest BCUT2D eigenvalue weighted by molar-refractivity contribution is 0.0611. The Morgan fingerprint density at radius 3 is 2.95 bits per heavy atom. The van der Waals surface area contributed by atoms with Gasteiger partial charge in [0.25, 0.3) is 0 Å². The first kappa shape index (κ1) is 15.3. The van der Waals surface area contributed by atoms with Crippen molar-refractivity contribution in [3.05, 3.63) is 23.8 Å². The smallest absolute Gasteiger partial charge is 0.0468 e. The van der Waals surface area contributed by atoms with E-state index in [0.29, 0.717) is 11.7 Å². The summed E-state index contributed by atoms with van der Waals surface area (Å²) in [5, 5.41) is 11.0. The molecule has 0 aromatic heterocycles. The summed E-state index contributed by atoms with van der Waals surface area (Å²) in [6, 6.07) is 6.57. The molecule has 2 heterocycles. The van der Waals surface area contributed by atoms with Crippen molar-refractivity contribution in [3.63, 3.8) is 0 Å². The quantitative estimate of drug-likeness (QED) is 0.586. The molecule has 1 unspecified atom stereocenters. The van der Waals surface area contributed by atoms with Gasteiger partial charge < -0.3 is 26.1 Å². The normalized spacial score (nSPS) is 23.5. The van der Waals surface area contributed by atoms with Gasteiger partial charge in [0.1, 0.15) is 0 Å². The van der Waals surface area contributed by atoms with E-state index in [9.17, 15) is 0 Å². The molecule has 1 aromatic carbocycles. The first-order chi connectivity index (χ1) is 10.8. The van der Waals surface area contributed by atoms with E-state index < -0.39 is 0 Å². The second-order valence-electron chi connectivity index (χ2n) is 6.30. The van der Waals surface area contributed by atoms with Gasteiger partial charge in [0, 0.05) is 62.0 Å². The Morgan fingerprint density at radius 2 is 2.18 bits per heavy atom. The lowest BCUT2D eigenvalue weighted by Crippen LogP contribution is -2.52. The summed E-state index contributed by atoms with van der Waals surface area (Å²) < 4.78 is 5.48. The molecule has 0 saturated carbocycles. The van der Waals surface area contributed by atoms with Gasteiger partial charge in [-0.05, 0) is 43.4 Å². The van der Waals surface area contributed by atoms with E-state index in [1.807, 2.05) is 12.1 Å². The SMILES string of the molecule is N=Cc1cc(N2CCNCC2CC2CCOCC2)ccc1N. The number of hydrogen-bond donors (Lipinski definition) is 3. The van der Waals surface area contributed by atoms with Gasteiger partial charge in [-0.1, -0.05) is 0 Å². The summed E-state index contributed by atoms with van der Waals surface area (Å²) in [4.78, 5) is 2.48. The van der Waals surface area contributed by atoms with Crippen LogP contribution >= 0.6 is 0 Å². The molecule has 120 valence electrons. The zero-order chi connectivity index (χ0) is 15.4. The number of hydrogen-bond acceptors (Lipinski definition) is 5. The summed E-state index contributed by atoms with van der Waals surface area (Å²) in [6.07, 6.45) is 4.91. The Morgan fingerprint density at radius 1 is 1.36 bits per heavy atom. The van der Waals surface area contributed by atoms with E-state index in [1.165, 1.54) is 31.2 Å². The standard InChI is InChI=1S/C17H26N4O/c18-11-14-10-15(1-2-17(14)19)21-6-5-20-12-16(21)9-13-3-7-22-8-4-13/h1-2,10-11,13,16,18,20H,3-9,12,19H2. The molecule has 0 spiro atoms. The average Bonchev–Trinajstić information content (AvgIpc) is 2.57. The van der Waals surface area contributed by atoms with Gasteiger partial charge in [0.05, 0.1) is 0 Å². The van der Waals surface area contributed by atoms with Crippen LogP contribution < -0.4 is 16.0 Å². The molecular weight excluding hydrogens is 276 g/mol. The number of nitrogens with two attached hydrogens (primary N) is 1. The highest BCUT2D eigenvalue weighted by Crippen LogP contribution is 2.28. The monoisotopic (exact) mass is 302 g/mol. The first-order valence-corrected chi connectivity index (χ1v) is 8.23. The van der Waals surface area contributed by atoms with Gasteiger partial charge in [-0.2, -0.15) is 0 Å². The number of anilines is 2. The molecule has 0 bridgehead atoms. The summed E-state index contributed by atoms with van der Waals surface area (Å²) in [6.45, 7) is 4.86. The van der Waals surface area contributed by atoms with Crippen LogP contribution in [0.3, 0.4) is 0 Å². The summed E-state index contributed by atoms with van der Waals surface area (Å²) in [5.41, 5.74) is 8.59. The summed E-state index contributed by atoms with van der Waals surface area (Å²) in [5.74, 6) is 0.761. The summed E-state index contributed by atoms with van der Waals surface area (Å²) in [7, 11) is 0. The van der Waals surface area contributed by atoms with Crippen LogP contribution in [0.4, 0.5) is 11.4 Å². The largest absolute Gasteiger partial charge is 0.398 e. The molecule has 0 aliphatic carbocycles. The molecule has 2 aliphatic rings. The van der Waals surface area contributed by atoms with Crippen molar-refractivity contribution in [1.29, 1.82) is 5.41 Å². The molecule has 0 amide bonds. The summed E-state index contributed by atoms with van der Waals surface area (Å²) >= 11 is 0.